The first-order chi connectivity index (χ1) is 9.40. The van der Waals surface area contributed by atoms with Gasteiger partial charge in [0.25, 0.3) is 5.91 Å². The van der Waals surface area contributed by atoms with Gasteiger partial charge < -0.3 is 16.2 Å². The number of carboxylic acids is 1. The second-order valence-electron chi connectivity index (χ2n) is 3.57. The molecular formula is C10H6Cl2N4O4. The highest BCUT2D eigenvalue weighted by atomic mass is 35.5. The summed E-state index contributed by atoms with van der Waals surface area (Å²) in [4.78, 5) is 23.0. The monoisotopic (exact) mass is 316 g/mol. The molecule has 8 nitrogen and oxygen atoms in total. The Bertz CT molecular complexity index is 701. The van der Waals surface area contributed by atoms with Crippen LogP contribution in [0.5, 0.6) is 0 Å². The van der Waals surface area contributed by atoms with Crippen molar-refractivity contribution >= 4 is 46.6 Å². The summed E-state index contributed by atoms with van der Waals surface area (Å²) in [6.07, 6.45) is 0. The van der Waals surface area contributed by atoms with Crippen molar-refractivity contribution in [1.29, 1.82) is 0 Å². The van der Waals surface area contributed by atoms with E-state index in [4.69, 9.17) is 34.0 Å². The summed E-state index contributed by atoms with van der Waals surface area (Å²) in [7, 11) is 0. The molecule has 2 aromatic rings. The summed E-state index contributed by atoms with van der Waals surface area (Å²) >= 11 is 11.6. The normalized spacial score (nSPS) is 10.3. The summed E-state index contributed by atoms with van der Waals surface area (Å²) in [5, 5.41) is 18.0. The number of aromatic carboxylic acids is 1. The molecule has 0 aliphatic heterocycles. The Morgan fingerprint density at radius 3 is 2.55 bits per heavy atom. The lowest BCUT2D eigenvalue weighted by atomic mass is 10.1. The van der Waals surface area contributed by atoms with Crippen molar-refractivity contribution in [3.63, 3.8) is 0 Å². The van der Waals surface area contributed by atoms with Crippen LogP contribution >= 0.6 is 23.2 Å². The molecule has 1 amide bonds. The molecule has 1 aromatic heterocycles. The topological polar surface area (TPSA) is 131 Å². The zero-order valence-electron chi connectivity index (χ0n) is 9.55. The zero-order chi connectivity index (χ0) is 14.9. The number of halogens is 2. The van der Waals surface area contributed by atoms with Gasteiger partial charge in [0.05, 0.1) is 16.3 Å². The molecule has 0 atom stereocenters. The molecule has 0 unspecified atom stereocenters. The zero-order valence-corrected chi connectivity index (χ0v) is 11.1. The highest BCUT2D eigenvalue weighted by molar-refractivity contribution is 6.38. The molecule has 0 aliphatic rings. The summed E-state index contributed by atoms with van der Waals surface area (Å²) in [5.74, 6) is -2.35. The quantitative estimate of drug-likeness (QED) is 0.787. The second kappa shape index (κ2) is 5.35. The molecule has 0 fully saturated rings. The van der Waals surface area contributed by atoms with E-state index in [1.807, 2.05) is 0 Å². The van der Waals surface area contributed by atoms with Crippen molar-refractivity contribution in [3.05, 3.63) is 33.4 Å². The Kier molecular flexibility index (Phi) is 3.77. The smallest absolute Gasteiger partial charge is 0.337 e. The van der Waals surface area contributed by atoms with Crippen LogP contribution in [-0.2, 0) is 0 Å². The average molecular weight is 317 g/mol. The maximum atomic E-state index is 11.9. The van der Waals surface area contributed by atoms with Crippen LogP contribution in [0.25, 0.3) is 0 Å². The molecule has 1 aromatic carbocycles. The number of hydrogen-bond donors (Lipinski definition) is 3. The van der Waals surface area contributed by atoms with E-state index >= 15 is 0 Å². The minimum absolute atomic E-state index is 0.0433. The van der Waals surface area contributed by atoms with E-state index in [0.29, 0.717) is 0 Å². The van der Waals surface area contributed by atoms with Gasteiger partial charge in [-0.3, -0.25) is 4.79 Å². The third-order valence-electron chi connectivity index (χ3n) is 2.25. The van der Waals surface area contributed by atoms with E-state index in [2.05, 4.69) is 20.3 Å². The van der Waals surface area contributed by atoms with Gasteiger partial charge in [0.1, 0.15) is 0 Å². The highest BCUT2D eigenvalue weighted by Crippen LogP contribution is 2.30. The average Bonchev–Trinajstić information content (AvgIpc) is 2.78. The van der Waals surface area contributed by atoms with Gasteiger partial charge in [-0.05, 0) is 22.4 Å². The van der Waals surface area contributed by atoms with Crippen molar-refractivity contribution in [3.8, 4) is 0 Å². The Morgan fingerprint density at radius 2 is 2.00 bits per heavy atom. The first kappa shape index (κ1) is 14.1. The highest BCUT2D eigenvalue weighted by Gasteiger charge is 2.21. The second-order valence-corrected chi connectivity index (χ2v) is 4.41. The van der Waals surface area contributed by atoms with E-state index in [0.717, 1.165) is 6.07 Å². The molecule has 1 heterocycles. The molecule has 0 radical (unpaired) electrons. The number of nitrogens with zero attached hydrogens (tertiary/aromatic N) is 2. The molecule has 0 saturated heterocycles. The third kappa shape index (κ3) is 2.65. The molecule has 0 aliphatic carbocycles. The van der Waals surface area contributed by atoms with Gasteiger partial charge in [-0.2, -0.15) is 0 Å². The van der Waals surface area contributed by atoms with Gasteiger partial charge in [-0.15, -0.1) is 0 Å². The van der Waals surface area contributed by atoms with Crippen LogP contribution in [0.4, 0.5) is 11.5 Å². The van der Waals surface area contributed by atoms with Crippen LogP contribution in [0.3, 0.4) is 0 Å². The van der Waals surface area contributed by atoms with Crippen LogP contribution in [0, 0.1) is 0 Å². The molecule has 0 bridgehead atoms. The maximum absolute atomic E-state index is 11.9. The first-order valence-electron chi connectivity index (χ1n) is 5.02. The number of carbonyl (C=O) groups is 2. The number of carbonyl (C=O) groups excluding carboxylic acids is 1. The predicted molar refractivity (Wildman–Crippen MR) is 70.1 cm³/mol. The Morgan fingerprint density at radius 1 is 1.30 bits per heavy atom. The summed E-state index contributed by atoms with van der Waals surface area (Å²) in [6.45, 7) is 0. The van der Waals surface area contributed by atoms with E-state index in [-0.39, 0.29) is 32.8 Å². The molecule has 104 valence electrons. The van der Waals surface area contributed by atoms with Crippen molar-refractivity contribution in [2.24, 2.45) is 0 Å². The molecule has 0 spiro atoms. The lowest BCUT2D eigenvalue weighted by Gasteiger charge is -2.10. The summed E-state index contributed by atoms with van der Waals surface area (Å²) in [6, 6.07) is 2.44. The van der Waals surface area contributed by atoms with E-state index in [1.165, 1.54) is 6.07 Å². The predicted octanol–water partition coefficient (Wildman–Crippen LogP) is 1.91. The van der Waals surface area contributed by atoms with Crippen molar-refractivity contribution in [2.45, 2.75) is 0 Å². The number of benzene rings is 1. The number of amides is 1. The molecule has 2 rings (SSSR count). The number of nitrogens with two attached hydrogens (primary N) is 1. The minimum atomic E-state index is -1.31. The summed E-state index contributed by atoms with van der Waals surface area (Å²) in [5.41, 5.74) is 4.67. The minimum Gasteiger partial charge on any atom is -0.478 e. The Balaban J connectivity index is 2.41. The fourth-order valence-electron chi connectivity index (χ4n) is 1.40. The summed E-state index contributed by atoms with van der Waals surface area (Å²) < 4.78 is 4.27. The van der Waals surface area contributed by atoms with Gasteiger partial charge in [0.2, 0.25) is 11.5 Å². The van der Waals surface area contributed by atoms with Gasteiger partial charge in [0.15, 0.2) is 0 Å². The fraction of sp³-hybridized carbons (Fsp3) is 0. The van der Waals surface area contributed by atoms with Crippen molar-refractivity contribution in [2.75, 3.05) is 11.1 Å². The number of rotatable bonds is 3. The van der Waals surface area contributed by atoms with Gasteiger partial charge in [-0.1, -0.05) is 23.2 Å². The number of aromatic nitrogens is 2. The van der Waals surface area contributed by atoms with Crippen LogP contribution < -0.4 is 11.1 Å². The maximum Gasteiger partial charge on any atom is 0.337 e. The first-order valence-corrected chi connectivity index (χ1v) is 5.77. The van der Waals surface area contributed by atoms with E-state index in [1.54, 1.807) is 0 Å². The van der Waals surface area contributed by atoms with Crippen molar-refractivity contribution in [1.82, 2.24) is 10.3 Å². The van der Waals surface area contributed by atoms with Crippen LogP contribution in [-0.4, -0.2) is 27.3 Å². The number of nitrogens with one attached hydrogen (secondary N) is 1. The molecule has 4 N–H and O–H groups in total. The number of anilines is 2. The van der Waals surface area contributed by atoms with Crippen LogP contribution in [0.15, 0.2) is 16.8 Å². The lowest BCUT2D eigenvalue weighted by molar-refractivity contribution is 0.0698. The lowest BCUT2D eigenvalue weighted by Crippen LogP contribution is -2.17. The van der Waals surface area contributed by atoms with Gasteiger partial charge in [-0.25, -0.2) is 9.42 Å². The van der Waals surface area contributed by atoms with Crippen LogP contribution in [0.2, 0.25) is 10.0 Å². The fourth-order valence-corrected chi connectivity index (χ4v) is 1.94. The third-order valence-corrected chi connectivity index (χ3v) is 2.77. The van der Waals surface area contributed by atoms with Crippen LogP contribution in [0.1, 0.15) is 20.8 Å². The molecule has 10 heteroatoms. The number of hydrogen-bond acceptors (Lipinski definition) is 6. The molecule has 20 heavy (non-hydrogen) atoms. The van der Waals surface area contributed by atoms with E-state index in [9.17, 15) is 9.59 Å². The van der Waals surface area contributed by atoms with Gasteiger partial charge >= 0.3 is 5.97 Å². The Hall–Kier alpha value is -2.32. The van der Waals surface area contributed by atoms with E-state index < -0.39 is 11.9 Å². The standard InChI is InChI=1S/C10H6Cl2N4O4/c11-3-1-4(10(18)19)6(5(12)2-3)14-9(17)7-8(13)16-20-15-7/h1-2H,(H2,13,16)(H,14,17)(H,18,19). The van der Waals surface area contributed by atoms with Gasteiger partial charge in [0, 0.05) is 5.02 Å². The Labute approximate surface area is 121 Å². The molecular weight excluding hydrogens is 311 g/mol. The largest absolute Gasteiger partial charge is 0.478 e. The number of carboxylic acid groups (broad SMARTS) is 1. The molecule has 0 saturated carbocycles. The SMILES string of the molecule is Nc1nonc1C(=O)Nc1c(Cl)cc(Cl)cc1C(=O)O. The number of nitrogen functional groups attached to an aromatic ring is 1. The van der Waals surface area contributed by atoms with Crippen molar-refractivity contribution < 1.29 is 19.3 Å².